The average molecular weight is 472 g/mol. The van der Waals surface area contributed by atoms with E-state index in [0.29, 0.717) is 25.1 Å². The van der Waals surface area contributed by atoms with Gasteiger partial charge in [-0.3, -0.25) is 19.6 Å². The quantitative estimate of drug-likeness (QED) is 0.535. The Hall–Kier alpha value is -3.65. The molecule has 0 radical (unpaired) electrons. The zero-order valence-electron chi connectivity index (χ0n) is 18.6. The molecule has 2 aliphatic rings. The number of hydrogen-bond donors (Lipinski definition) is 3. The van der Waals surface area contributed by atoms with E-state index in [-0.39, 0.29) is 11.8 Å². The van der Waals surface area contributed by atoms with E-state index >= 15 is 0 Å². The number of nitrogens with one attached hydrogen (secondary N) is 3. The summed E-state index contributed by atoms with van der Waals surface area (Å²) >= 11 is 1.64. The van der Waals surface area contributed by atoms with E-state index in [9.17, 15) is 9.59 Å². The Bertz CT molecular complexity index is 1240. The third-order valence-electron chi connectivity index (χ3n) is 5.84. The number of carbonyl (C=O) groups is 2. The maximum atomic E-state index is 13.0. The highest BCUT2D eigenvalue weighted by Crippen LogP contribution is 2.39. The number of amides is 2. The van der Waals surface area contributed by atoms with Crippen molar-refractivity contribution in [2.75, 3.05) is 11.9 Å². The van der Waals surface area contributed by atoms with Crippen molar-refractivity contribution in [2.24, 2.45) is 4.99 Å². The Kier molecular flexibility index (Phi) is 6.58. The van der Waals surface area contributed by atoms with Gasteiger partial charge in [0, 0.05) is 39.9 Å². The van der Waals surface area contributed by atoms with E-state index in [2.05, 4.69) is 27.0 Å². The summed E-state index contributed by atoms with van der Waals surface area (Å²) in [5, 5.41) is 9.22. The molecule has 172 valence electrons. The lowest BCUT2D eigenvalue weighted by atomic mass is 10.1. The Morgan fingerprint density at radius 2 is 2.03 bits per heavy atom. The molecule has 0 aliphatic carbocycles. The summed E-state index contributed by atoms with van der Waals surface area (Å²) in [7, 11) is 0. The SMILES string of the molecule is O=C(NC1CCCCNC1=O)c1ccc2c(c1)NC(=NCc1cccnc1)c1ccccc1S2. The van der Waals surface area contributed by atoms with Crippen LogP contribution < -0.4 is 16.0 Å². The van der Waals surface area contributed by atoms with Crippen LogP contribution in [-0.4, -0.2) is 35.2 Å². The van der Waals surface area contributed by atoms with Crippen molar-refractivity contribution < 1.29 is 9.59 Å². The van der Waals surface area contributed by atoms with Crippen molar-refractivity contribution in [2.45, 2.75) is 41.6 Å². The molecule has 34 heavy (non-hydrogen) atoms. The number of rotatable bonds is 4. The Morgan fingerprint density at radius 1 is 1.12 bits per heavy atom. The van der Waals surface area contributed by atoms with Crippen molar-refractivity contribution >= 4 is 35.1 Å². The second-order valence-electron chi connectivity index (χ2n) is 8.27. The first kappa shape index (κ1) is 22.2. The van der Waals surface area contributed by atoms with E-state index in [1.807, 2.05) is 42.5 Å². The highest BCUT2D eigenvalue weighted by atomic mass is 32.2. The molecule has 1 atom stereocenters. The molecule has 8 heteroatoms. The van der Waals surface area contributed by atoms with Crippen molar-refractivity contribution in [3.8, 4) is 0 Å². The molecule has 1 saturated heterocycles. The third kappa shape index (κ3) is 4.97. The second kappa shape index (κ2) is 10.1. The normalized spacial score (nSPS) is 18.5. The standard InChI is InChI=1S/C26H25N5O2S/c32-25(31-20-8-3-4-13-28-26(20)33)18-10-11-23-21(14-18)30-24(19-7-1-2-9-22(19)34-23)29-16-17-6-5-12-27-15-17/h1-2,5-7,9-12,14-15,20H,3-4,8,13,16H2,(H,28,33)(H,29,30)(H,31,32). The van der Waals surface area contributed by atoms with Crippen LogP contribution in [-0.2, 0) is 11.3 Å². The summed E-state index contributed by atoms with van der Waals surface area (Å²) < 4.78 is 0. The van der Waals surface area contributed by atoms with Gasteiger partial charge >= 0.3 is 0 Å². The second-order valence-corrected chi connectivity index (χ2v) is 9.36. The summed E-state index contributed by atoms with van der Waals surface area (Å²) in [6, 6.07) is 17.1. The molecule has 7 nitrogen and oxygen atoms in total. The van der Waals surface area contributed by atoms with Gasteiger partial charge in [-0.05, 0) is 55.2 Å². The fourth-order valence-electron chi connectivity index (χ4n) is 4.03. The van der Waals surface area contributed by atoms with Gasteiger partial charge < -0.3 is 16.0 Å². The molecule has 0 bridgehead atoms. The molecule has 3 heterocycles. The van der Waals surface area contributed by atoms with Gasteiger partial charge in [0.2, 0.25) is 5.91 Å². The molecule has 1 aromatic heterocycles. The van der Waals surface area contributed by atoms with Crippen molar-refractivity contribution in [1.29, 1.82) is 0 Å². The first-order chi connectivity index (χ1) is 16.7. The number of pyridine rings is 1. The molecule has 1 unspecified atom stereocenters. The van der Waals surface area contributed by atoms with Gasteiger partial charge in [0.15, 0.2) is 0 Å². The van der Waals surface area contributed by atoms with Gasteiger partial charge in [0.25, 0.3) is 5.91 Å². The maximum absolute atomic E-state index is 13.0. The van der Waals surface area contributed by atoms with Crippen LogP contribution in [0.25, 0.3) is 0 Å². The van der Waals surface area contributed by atoms with E-state index in [1.54, 1.807) is 30.2 Å². The summed E-state index contributed by atoms with van der Waals surface area (Å²) in [5.74, 6) is 0.369. The number of aromatic nitrogens is 1. The molecule has 1 fully saturated rings. The first-order valence-electron chi connectivity index (χ1n) is 11.4. The van der Waals surface area contributed by atoms with Gasteiger partial charge in [0.1, 0.15) is 11.9 Å². The van der Waals surface area contributed by atoms with E-state index in [4.69, 9.17) is 4.99 Å². The lowest BCUT2D eigenvalue weighted by Crippen LogP contribution is -2.45. The molecule has 2 aliphatic heterocycles. The van der Waals surface area contributed by atoms with Crippen LogP contribution in [0.1, 0.15) is 40.7 Å². The van der Waals surface area contributed by atoms with Crippen LogP contribution in [0.5, 0.6) is 0 Å². The van der Waals surface area contributed by atoms with Gasteiger partial charge in [0.05, 0.1) is 12.2 Å². The molecule has 3 N–H and O–H groups in total. The fraction of sp³-hybridized carbons (Fsp3) is 0.231. The van der Waals surface area contributed by atoms with Gasteiger partial charge in [-0.1, -0.05) is 36.0 Å². The van der Waals surface area contributed by atoms with Crippen LogP contribution in [0.2, 0.25) is 0 Å². The predicted octanol–water partition coefficient (Wildman–Crippen LogP) is 4.00. The largest absolute Gasteiger partial charge is 0.354 e. The van der Waals surface area contributed by atoms with E-state index in [1.165, 1.54) is 0 Å². The molecule has 0 spiro atoms. The highest BCUT2D eigenvalue weighted by Gasteiger charge is 2.24. The minimum atomic E-state index is -0.503. The summed E-state index contributed by atoms with van der Waals surface area (Å²) in [6.07, 6.45) is 6.04. The Morgan fingerprint density at radius 3 is 2.91 bits per heavy atom. The zero-order chi connectivity index (χ0) is 23.3. The number of carbonyl (C=O) groups excluding carboxylic acids is 2. The molecular formula is C26H25N5O2S. The van der Waals surface area contributed by atoms with Crippen molar-refractivity contribution in [3.63, 3.8) is 0 Å². The number of fused-ring (bicyclic) bond motifs is 2. The molecule has 2 amide bonds. The van der Waals surface area contributed by atoms with Crippen LogP contribution in [0.4, 0.5) is 5.69 Å². The van der Waals surface area contributed by atoms with Crippen LogP contribution in [0, 0.1) is 0 Å². The van der Waals surface area contributed by atoms with Crippen LogP contribution >= 0.6 is 11.8 Å². The Balaban J connectivity index is 1.42. The monoisotopic (exact) mass is 471 g/mol. The number of aliphatic imine (C=N–C) groups is 1. The van der Waals surface area contributed by atoms with E-state index in [0.717, 1.165) is 45.3 Å². The van der Waals surface area contributed by atoms with Crippen LogP contribution in [0.3, 0.4) is 0 Å². The molecule has 5 rings (SSSR count). The number of benzene rings is 2. The highest BCUT2D eigenvalue weighted by molar-refractivity contribution is 7.99. The van der Waals surface area contributed by atoms with Gasteiger partial charge in [-0.15, -0.1) is 0 Å². The minimum absolute atomic E-state index is 0.116. The third-order valence-corrected chi connectivity index (χ3v) is 6.99. The van der Waals surface area contributed by atoms with Gasteiger partial charge in [-0.25, -0.2) is 0 Å². The van der Waals surface area contributed by atoms with Gasteiger partial charge in [-0.2, -0.15) is 0 Å². The molecule has 3 aromatic rings. The number of anilines is 1. The molecule has 0 saturated carbocycles. The number of nitrogens with zero attached hydrogens (tertiary/aromatic N) is 2. The van der Waals surface area contributed by atoms with Crippen molar-refractivity contribution in [1.82, 2.24) is 15.6 Å². The number of amidine groups is 1. The van der Waals surface area contributed by atoms with E-state index < -0.39 is 6.04 Å². The molecule has 2 aromatic carbocycles. The molecular weight excluding hydrogens is 446 g/mol. The lowest BCUT2D eigenvalue weighted by Gasteiger charge is -2.16. The lowest BCUT2D eigenvalue weighted by molar-refractivity contribution is -0.122. The summed E-state index contributed by atoms with van der Waals surface area (Å²) in [6.45, 7) is 1.15. The first-order valence-corrected chi connectivity index (χ1v) is 12.2. The maximum Gasteiger partial charge on any atom is 0.252 e. The fourth-order valence-corrected chi connectivity index (χ4v) is 5.04. The smallest absolute Gasteiger partial charge is 0.252 e. The average Bonchev–Trinajstić information content (AvgIpc) is 3.16. The van der Waals surface area contributed by atoms with Crippen LogP contribution in [0.15, 0.2) is 81.8 Å². The topological polar surface area (TPSA) is 95.5 Å². The summed E-state index contributed by atoms with van der Waals surface area (Å²) in [5.41, 5.74) is 3.33. The minimum Gasteiger partial charge on any atom is -0.354 e. The zero-order valence-corrected chi connectivity index (χ0v) is 19.4. The van der Waals surface area contributed by atoms with Crippen molar-refractivity contribution in [3.05, 3.63) is 83.7 Å². The number of hydrogen-bond acceptors (Lipinski definition) is 5. The Labute approximate surface area is 202 Å². The predicted molar refractivity (Wildman–Crippen MR) is 133 cm³/mol. The summed E-state index contributed by atoms with van der Waals surface area (Å²) in [4.78, 5) is 36.3.